The van der Waals surface area contributed by atoms with Crippen molar-refractivity contribution in [1.82, 2.24) is 0 Å². The van der Waals surface area contributed by atoms with Crippen molar-refractivity contribution in [3.8, 4) is 0 Å². The summed E-state index contributed by atoms with van der Waals surface area (Å²) in [7, 11) is 0. The molecule has 0 aliphatic rings. The highest BCUT2D eigenvalue weighted by atomic mass is 15.1. The first-order chi connectivity index (χ1) is 44.6. The van der Waals surface area contributed by atoms with Gasteiger partial charge in [-0.2, -0.15) is 0 Å². The van der Waals surface area contributed by atoms with Crippen molar-refractivity contribution in [1.29, 1.82) is 0 Å². The molecule has 0 amide bonds. The third kappa shape index (κ3) is 12.1. The Bertz CT molecular complexity index is 4140. The predicted octanol–water partition coefficient (Wildman–Crippen LogP) is 24.6. The topological polar surface area (TPSA) is 6.48 Å². The van der Waals surface area contributed by atoms with Gasteiger partial charge < -0.3 is 9.80 Å². The Morgan fingerprint density at radius 1 is 0.185 bits per heavy atom. The second kappa shape index (κ2) is 25.4. The van der Waals surface area contributed by atoms with Crippen molar-refractivity contribution >= 4 is 80.0 Å². The standard InChI is InChI=1S/C90H80N2/c1-87(2,67-25-13-9-14-26-67)71-43-55-77(56-44-71)91(78-57-45-72(46-58-78)88(3,4)68-27-15-10-16-28-68)75-51-37-65(38-52-75)41-63-85-81-33-21-23-35-83(81)86(84-36-24-22-34-82(84)85)64-42-66-39-53-76(54-40-66)92(79-59-47-73(48-60-79)89(5,6)69-29-17-11-18-30-69)80-61-49-74(50-62-80)90(7,8)70-31-19-12-20-32-70/h9-64H,1-8H3. The van der Waals surface area contributed by atoms with Gasteiger partial charge in [-0.25, -0.2) is 0 Å². The molecule has 0 spiro atoms. The molecule has 92 heavy (non-hydrogen) atoms. The molecule has 0 radical (unpaired) electrons. The fraction of sp³-hybridized carbons (Fsp3) is 0.133. The lowest BCUT2D eigenvalue weighted by atomic mass is 9.78. The normalized spacial score (nSPS) is 12.3. The lowest BCUT2D eigenvalue weighted by molar-refractivity contribution is 0.640. The monoisotopic (exact) mass is 1190 g/mol. The van der Waals surface area contributed by atoms with Gasteiger partial charge in [0.2, 0.25) is 0 Å². The van der Waals surface area contributed by atoms with E-state index in [-0.39, 0.29) is 21.7 Å². The van der Waals surface area contributed by atoms with Crippen LogP contribution in [-0.4, -0.2) is 0 Å². The van der Waals surface area contributed by atoms with E-state index in [1.165, 1.54) is 77.2 Å². The van der Waals surface area contributed by atoms with Crippen LogP contribution in [0.4, 0.5) is 34.1 Å². The zero-order chi connectivity index (χ0) is 63.5. The SMILES string of the molecule is CC(C)(c1ccccc1)c1ccc(N(c2ccc(C=Cc3c4ccccc4c(C=Cc4ccc(N(c5ccc(C(C)(C)c6ccccc6)cc5)c5ccc(C(C)(C)c6ccccc6)cc5)cc4)c4ccccc34)cc2)c2ccc(C(C)(C)c3ccccc3)cc2)cc1. The number of fused-ring (bicyclic) bond motifs is 2. The molecule has 0 unspecified atom stereocenters. The first-order valence-electron chi connectivity index (χ1n) is 32.4. The molecule has 13 aromatic carbocycles. The molecule has 0 aromatic heterocycles. The summed E-state index contributed by atoms with van der Waals surface area (Å²) in [6.07, 6.45) is 9.16. The van der Waals surface area contributed by atoms with Crippen molar-refractivity contribution < 1.29 is 0 Å². The van der Waals surface area contributed by atoms with E-state index in [9.17, 15) is 0 Å². The number of hydrogen-bond acceptors (Lipinski definition) is 2. The zero-order valence-corrected chi connectivity index (χ0v) is 54.2. The molecule has 13 aromatic rings. The molecular formula is C90H80N2. The van der Waals surface area contributed by atoms with Crippen molar-refractivity contribution in [2.24, 2.45) is 0 Å². The van der Waals surface area contributed by atoms with Crippen LogP contribution in [-0.2, 0) is 21.7 Å². The minimum atomic E-state index is -0.151. The average molecular weight is 1190 g/mol. The van der Waals surface area contributed by atoms with Crippen molar-refractivity contribution in [3.63, 3.8) is 0 Å². The molecular weight excluding hydrogens is 1110 g/mol. The van der Waals surface area contributed by atoms with E-state index in [1.807, 2.05) is 0 Å². The Hall–Kier alpha value is -10.5. The molecule has 0 heterocycles. The molecule has 13 rings (SSSR count). The largest absolute Gasteiger partial charge is 0.311 e. The summed E-state index contributed by atoms with van der Waals surface area (Å²) in [4.78, 5) is 4.76. The predicted molar refractivity (Wildman–Crippen MR) is 396 cm³/mol. The summed E-state index contributed by atoms with van der Waals surface area (Å²) in [6, 6.07) is 116. The minimum Gasteiger partial charge on any atom is -0.311 e. The fourth-order valence-electron chi connectivity index (χ4n) is 13.5. The van der Waals surface area contributed by atoms with E-state index >= 15 is 0 Å². The van der Waals surface area contributed by atoms with E-state index in [1.54, 1.807) is 0 Å². The summed E-state index contributed by atoms with van der Waals surface area (Å²) >= 11 is 0. The smallest absolute Gasteiger partial charge is 0.0462 e. The Morgan fingerprint density at radius 3 is 0.565 bits per heavy atom. The fourth-order valence-corrected chi connectivity index (χ4v) is 13.5. The Labute approximate surface area is 545 Å². The van der Waals surface area contributed by atoms with Gasteiger partial charge in [-0.05, 0) is 161 Å². The molecule has 0 N–H and O–H groups in total. The van der Waals surface area contributed by atoms with Gasteiger partial charge in [0.15, 0.2) is 0 Å². The van der Waals surface area contributed by atoms with Crippen LogP contribution in [0.2, 0.25) is 0 Å². The summed E-state index contributed by atoms with van der Waals surface area (Å²) < 4.78 is 0. The second-order valence-electron chi connectivity index (χ2n) is 26.6. The molecule has 0 fully saturated rings. The summed E-state index contributed by atoms with van der Waals surface area (Å²) in [6.45, 7) is 18.5. The van der Waals surface area contributed by atoms with Gasteiger partial charge in [-0.15, -0.1) is 0 Å². The number of anilines is 6. The van der Waals surface area contributed by atoms with Crippen molar-refractivity contribution in [2.45, 2.75) is 77.0 Å². The zero-order valence-electron chi connectivity index (χ0n) is 54.2. The highest BCUT2D eigenvalue weighted by Crippen LogP contribution is 2.43. The lowest BCUT2D eigenvalue weighted by Gasteiger charge is -2.30. The summed E-state index contributed by atoms with van der Waals surface area (Å²) in [5.74, 6) is 0. The number of nitrogens with zero attached hydrogens (tertiary/aromatic N) is 2. The third-order valence-electron chi connectivity index (χ3n) is 19.6. The number of hydrogen-bond donors (Lipinski definition) is 0. The van der Waals surface area contributed by atoms with Crippen LogP contribution in [0.3, 0.4) is 0 Å². The van der Waals surface area contributed by atoms with Gasteiger partial charge in [0.25, 0.3) is 0 Å². The van der Waals surface area contributed by atoms with Crippen LogP contribution in [0.15, 0.2) is 315 Å². The molecule has 0 saturated carbocycles. The third-order valence-corrected chi connectivity index (χ3v) is 19.6. The minimum absolute atomic E-state index is 0.151. The maximum atomic E-state index is 2.38. The highest BCUT2D eigenvalue weighted by molar-refractivity contribution is 6.14. The molecule has 0 atom stereocenters. The van der Waals surface area contributed by atoms with Crippen LogP contribution in [0, 0.1) is 0 Å². The second-order valence-corrected chi connectivity index (χ2v) is 26.6. The van der Waals surface area contributed by atoms with E-state index in [0.29, 0.717) is 0 Å². The highest BCUT2D eigenvalue weighted by Gasteiger charge is 2.28. The van der Waals surface area contributed by atoms with E-state index in [0.717, 1.165) is 45.3 Å². The maximum Gasteiger partial charge on any atom is 0.0462 e. The van der Waals surface area contributed by atoms with Crippen LogP contribution >= 0.6 is 0 Å². The summed E-state index contributed by atoms with van der Waals surface area (Å²) in [5, 5.41) is 4.85. The first-order valence-corrected chi connectivity index (χ1v) is 32.4. The van der Waals surface area contributed by atoms with E-state index in [4.69, 9.17) is 0 Å². The molecule has 0 bridgehead atoms. The van der Waals surface area contributed by atoms with Crippen molar-refractivity contribution in [3.05, 3.63) is 382 Å². The lowest BCUT2D eigenvalue weighted by Crippen LogP contribution is -2.19. The Kier molecular flexibility index (Phi) is 16.7. The number of benzene rings is 13. The van der Waals surface area contributed by atoms with Crippen LogP contribution in [0.5, 0.6) is 0 Å². The van der Waals surface area contributed by atoms with Crippen molar-refractivity contribution in [2.75, 3.05) is 9.80 Å². The van der Waals surface area contributed by atoms with Crippen LogP contribution < -0.4 is 9.80 Å². The van der Waals surface area contributed by atoms with Gasteiger partial charge in [0, 0.05) is 55.8 Å². The van der Waals surface area contributed by atoms with Gasteiger partial charge >= 0.3 is 0 Å². The molecule has 2 nitrogen and oxygen atoms in total. The van der Waals surface area contributed by atoms with Gasteiger partial charge in [0.05, 0.1) is 0 Å². The number of rotatable bonds is 18. The molecule has 2 heteroatoms. The van der Waals surface area contributed by atoms with Crippen LogP contribution in [0.25, 0.3) is 45.8 Å². The quantitative estimate of drug-likeness (QED) is 0.0624. The van der Waals surface area contributed by atoms with E-state index in [2.05, 4.69) is 405 Å². The van der Waals surface area contributed by atoms with Gasteiger partial charge in [-0.3, -0.25) is 0 Å². The van der Waals surface area contributed by atoms with Crippen LogP contribution in [0.1, 0.15) is 122 Å². The maximum absolute atomic E-state index is 2.38. The Morgan fingerprint density at radius 2 is 0.359 bits per heavy atom. The molecule has 0 saturated heterocycles. The average Bonchev–Trinajstić information content (AvgIpc) is 0.847. The molecule has 0 aliphatic carbocycles. The summed E-state index contributed by atoms with van der Waals surface area (Å²) in [5.41, 5.74) is 20.9. The van der Waals surface area contributed by atoms with Gasteiger partial charge in [0.1, 0.15) is 0 Å². The molecule has 450 valence electrons. The molecule has 0 aliphatic heterocycles. The van der Waals surface area contributed by atoms with Gasteiger partial charge in [-0.1, -0.05) is 322 Å². The first kappa shape index (κ1) is 60.4. The Balaban J connectivity index is 0.798. The van der Waals surface area contributed by atoms with E-state index < -0.39 is 0 Å².